The summed E-state index contributed by atoms with van der Waals surface area (Å²) in [6, 6.07) is 0. The molecule has 0 aromatic rings. The van der Waals surface area contributed by atoms with E-state index < -0.39 is 0 Å². The molecule has 0 amide bonds. The van der Waals surface area contributed by atoms with E-state index in [0.29, 0.717) is 48.6 Å². The molecule has 3 unspecified atom stereocenters. The molecule has 1 saturated heterocycles. The number of allylic oxidation sites excluding steroid dienone is 1. The lowest BCUT2D eigenvalue weighted by atomic mass is 9.43. The molecule has 0 aromatic heterocycles. The van der Waals surface area contributed by atoms with Crippen molar-refractivity contribution in [2.45, 2.75) is 64.9 Å². The first kappa shape index (κ1) is 20.4. The van der Waals surface area contributed by atoms with E-state index in [9.17, 15) is 14.4 Å². The molecule has 5 aliphatic rings. The summed E-state index contributed by atoms with van der Waals surface area (Å²) in [6.07, 6.45) is 10.1. The highest BCUT2D eigenvalue weighted by Gasteiger charge is 2.65. The Bertz CT molecular complexity index is 773. The molecule has 5 rings (SSSR count). The molecule has 4 saturated carbocycles. The molecular weight excluding hydrogens is 378 g/mol. The van der Waals surface area contributed by atoms with Gasteiger partial charge in [-0.15, -0.1) is 0 Å². The average molecular weight is 414 g/mol. The Balaban J connectivity index is 1.45. The summed E-state index contributed by atoms with van der Waals surface area (Å²) < 4.78 is 5.74. The molecule has 164 valence electrons. The SMILES string of the molecule is C[C@]12C(OC=O)CC(C=CC3CNC3)CC1C(=O)C[C@@H]1[C@H]2CC[C@]2(C)C(=O)CC[C@@H]12. The third-order valence-corrected chi connectivity index (χ3v) is 9.96. The van der Waals surface area contributed by atoms with Gasteiger partial charge in [0, 0.05) is 48.6 Å². The zero-order valence-corrected chi connectivity index (χ0v) is 18.3. The van der Waals surface area contributed by atoms with E-state index >= 15 is 0 Å². The number of rotatable bonds is 4. The number of nitrogens with one attached hydrogen (secondary N) is 1. The van der Waals surface area contributed by atoms with Gasteiger partial charge in [-0.1, -0.05) is 26.0 Å². The lowest BCUT2D eigenvalue weighted by Crippen LogP contribution is -2.61. The molecule has 0 spiro atoms. The van der Waals surface area contributed by atoms with Gasteiger partial charge in [-0.05, 0) is 55.8 Å². The van der Waals surface area contributed by atoms with Crippen LogP contribution in [-0.4, -0.2) is 37.2 Å². The fourth-order valence-corrected chi connectivity index (χ4v) is 8.06. The summed E-state index contributed by atoms with van der Waals surface area (Å²) in [6.45, 7) is 7.00. The minimum absolute atomic E-state index is 0.0481. The van der Waals surface area contributed by atoms with E-state index in [0.717, 1.165) is 45.2 Å². The van der Waals surface area contributed by atoms with E-state index in [2.05, 4.69) is 31.3 Å². The Labute approximate surface area is 179 Å². The number of Topliss-reactive ketones (excluding diaryl/α,β-unsaturated/α-hetero) is 2. The van der Waals surface area contributed by atoms with Gasteiger partial charge in [-0.25, -0.2) is 0 Å². The number of fused-ring (bicyclic) bond motifs is 5. The van der Waals surface area contributed by atoms with Gasteiger partial charge in [-0.3, -0.25) is 14.4 Å². The smallest absolute Gasteiger partial charge is 0.293 e. The summed E-state index contributed by atoms with van der Waals surface area (Å²) in [5.74, 6) is 2.49. The molecule has 0 bridgehead atoms. The van der Waals surface area contributed by atoms with Crippen molar-refractivity contribution >= 4 is 18.0 Å². The highest BCUT2D eigenvalue weighted by atomic mass is 16.5. The van der Waals surface area contributed by atoms with Crippen LogP contribution in [0.15, 0.2) is 12.2 Å². The topological polar surface area (TPSA) is 72.5 Å². The van der Waals surface area contributed by atoms with Gasteiger partial charge in [-0.2, -0.15) is 0 Å². The van der Waals surface area contributed by atoms with Crippen molar-refractivity contribution in [1.82, 2.24) is 5.32 Å². The lowest BCUT2D eigenvalue weighted by Gasteiger charge is -2.61. The van der Waals surface area contributed by atoms with Gasteiger partial charge < -0.3 is 10.1 Å². The van der Waals surface area contributed by atoms with Crippen LogP contribution < -0.4 is 5.32 Å². The van der Waals surface area contributed by atoms with Crippen LogP contribution in [0.5, 0.6) is 0 Å². The van der Waals surface area contributed by atoms with Crippen LogP contribution in [0.3, 0.4) is 0 Å². The number of carbonyl (C=O) groups is 3. The molecule has 30 heavy (non-hydrogen) atoms. The minimum atomic E-state index is -0.309. The van der Waals surface area contributed by atoms with Gasteiger partial charge in [0.1, 0.15) is 17.7 Å². The summed E-state index contributed by atoms with van der Waals surface area (Å²) >= 11 is 0. The van der Waals surface area contributed by atoms with Crippen LogP contribution in [0, 0.1) is 46.3 Å². The highest BCUT2D eigenvalue weighted by Crippen LogP contribution is 2.65. The van der Waals surface area contributed by atoms with Crippen molar-refractivity contribution in [3.05, 3.63) is 12.2 Å². The van der Waals surface area contributed by atoms with Crippen molar-refractivity contribution in [2.75, 3.05) is 13.1 Å². The molecule has 5 nitrogen and oxygen atoms in total. The first-order valence-corrected chi connectivity index (χ1v) is 11.9. The maximum atomic E-state index is 13.5. The Kier molecular flexibility index (Phi) is 4.96. The van der Waals surface area contributed by atoms with Crippen molar-refractivity contribution < 1.29 is 19.1 Å². The molecular formula is C25H35NO4. The zero-order valence-electron chi connectivity index (χ0n) is 18.3. The third kappa shape index (κ3) is 2.87. The van der Waals surface area contributed by atoms with Crippen LogP contribution in [0.25, 0.3) is 0 Å². The second-order valence-electron chi connectivity index (χ2n) is 11.1. The average Bonchev–Trinajstić information content (AvgIpc) is 2.98. The lowest BCUT2D eigenvalue weighted by molar-refractivity contribution is -0.188. The third-order valence-electron chi connectivity index (χ3n) is 9.96. The first-order valence-electron chi connectivity index (χ1n) is 11.9. The molecule has 0 radical (unpaired) electrons. The van der Waals surface area contributed by atoms with Crippen molar-refractivity contribution in [1.29, 1.82) is 0 Å². The maximum Gasteiger partial charge on any atom is 0.293 e. The molecule has 1 heterocycles. The fraction of sp³-hybridized carbons (Fsp3) is 0.800. The highest BCUT2D eigenvalue weighted by molar-refractivity contribution is 5.88. The summed E-state index contributed by atoms with van der Waals surface area (Å²) in [7, 11) is 0. The number of carbonyl (C=O) groups excluding carboxylic acids is 3. The van der Waals surface area contributed by atoms with Crippen molar-refractivity contribution in [3.8, 4) is 0 Å². The summed E-state index contributed by atoms with van der Waals surface area (Å²) in [5, 5.41) is 3.29. The summed E-state index contributed by atoms with van der Waals surface area (Å²) in [4.78, 5) is 37.6. The maximum absolute atomic E-state index is 13.5. The Morgan fingerprint density at radius 1 is 1.03 bits per heavy atom. The van der Waals surface area contributed by atoms with Gasteiger partial charge in [0.05, 0.1) is 0 Å². The van der Waals surface area contributed by atoms with Crippen LogP contribution in [-0.2, 0) is 19.1 Å². The monoisotopic (exact) mass is 413 g/mol. The molecule has 4 aliphatic carbocycles. The molecule has 0 aromatic carbocycles. The second-order valence-corrected chi connectivity index (χ2v) is 11.1. The Hall–Kier alpha value is -1.49. The number of ether oxygens (including phenoxy) is 1. The van der Waals surface area contributed by atoms with Crippen LogP contribution in [0.4, 0.5) is 0 Å². The summed E-state index contributed by atoms with van der Waals surface area (Å²) in [5.41, 5.74) is -0.557. The number of hydrogen-bond acceptors (Lipinski definition) is 5. The van der Waals surface area contributed by atoms with Crippen molar-refractivity contribution in [3.63, 3.8) is 0 Å². The van der Waals surface area contributed by atoms with E-state index in [1.165, 1.54) is 0 Å². The van der Waals surface area contributed by atoms with E-state index in [1.807, 2.05) is 0 Å². The predicted molar refractivity (Wildman–Crippen MR) is 112 cm³/mol. The molecule has 8 atom stereocenters. The molecule has 5 fully saturated rings. The Morgan fingerprint density at radius 3 is 2.50 bits per heavy atom. The van der Waals surface area contributed by atoms with Gasteiger partial charge in [0.2, 0.25) is 0 Å². The fourth-order valence-electron chi connectivity index (χ4n) is 8.06. The number of hydrogen-bond donors (Lipinski definition) is 1. The molecule has 1 N–H and O–H groups in total. The van der Waals surface area contributed by atoms with E-state index in [-0.39, 0.29) is 34.7 Å². The normalized spacial score (nSPS) is 48.6. The Morgan fingerprint density at radius 2 is 1.80 bits per heavy atom. The standard InChI is InChI=1S/C25H35NO4/c1-24-8-7-19-17(18(24)5-6-22(24)29)11-21(28)20-9-15(3-4-16-12-26-13-16)10-23(30-14-27)25(19,20)2/h3-4,14-20,23,26H,5-13H2,1-2H3/t15?,17-,18-,19+,20?,23?,24-,25+/m0/s1. The predicted octanol–water partition coefficient (Wildman–Crippen LogP) is 3.32. The van der Waals surface area contributed by atoms with Gasteiger partial charge in [0.15, 0.2) is 0 Å². The first-order chi connectivity index (χ1) is 14.4. The van der Waals surface area contributed by atoms with Crippen LogP contribution in [0.2, 0.25) is 0 Å². The zero-order chi connectivity index (χ0) is 21.1. The van der Waals surface area contributed by atoms with E-state index in [4.69, 9.17) is 4.74 Å². The number of ketones is 2. The largest absolute Gasteiger partial charge is 0.464 e. The van der Waals surface area contributed by atoms with Gasteiger partial charge >= 0.3 is 0 Å². The van der Waals surface area contributed by atoms with Crippen molar-refractivity contribution in [2.24, 2.45) is 46.3 Å². The van der Waals surface area contributed by atoms with Crippen LogP contribution >= 0.6 is 0 Å². The minimum Gasteiger partial charge on any atom is -0.464 e. The quantitative estimate of drug-likeness (QED) is 0.565. The van der Waals surface area contributed by atoms with E-state index in [1.54, 1.807) is 0 Å². The van der Waals surface area contributed by atoms with Gasteiger partial charge in [0.25, 0.3) is 6.47 Å². The molecule has 1 aliphatic heterocycles. The molecule has 5 heteroatoms. The van der Waals surface area contributed by atoms with Crippen LogP contribution in [0.1, 0.15) is 58.8 Å². The second kappa shape index (κ2) is 7.29.